The molecule has 0 aromatic heterocycles. The van der Waals surface area contributed by atoms with Crippen molar-refractivity contribution in [2.24, 2.45) is 0 Å². The minimum Gasteiger partial charge on any atom is -0.391 e. The fraction of sp³-hybridized carbons (Fsp3) is 0.235. The first-order valence-corrected chi connectivity index (χ1v) is 7.50. The second-order valence-electron chi connectivity index (χ2n) is 5.13. The molecule has 0 aliphatic carbocycles. The van der Waals surface area contributed by atoms with Crippen LogP contribution in [0, 0.1) is 11.6 Å². The minimum absolute atomic E-state index is 0.000983. The van der Waals surface area contributed by atoms with E-state index in [1.165, 1.54) is 0 Å². The molecule has 2 aromatic carbocycles. The number of rotatable bonds is 6. The van der Waals surface area contributed by atoms with Crippen LogP contribution < -0.4 is 5.32 Å². The predicted octanol–water partition coefficient (Wildman–Crippen LogP) is 3.34. The number of hydrogen-bond acceptors (Lipinski definition) is 2. The monoisotopic (exact) mass is 339 g/mol. The Hall–Kier alpha value is -1.98. The highest BCUT2D eigenvalue weighted by Crippen LogP contribution is 2.19. The van der Waals surface area contributed by atoms with Gasteiger partial charge in [0.05, 0.1) is 16.7 Å². The zero-order valence-electron chi connectivity index (χ0n) is 12.2. The molecule has 0 spiro atoms. The number of aliphatic hydroxyl groups excluding tert-OH is 1. The molecular weight excluding hydrogens is 324 g/mol. The molecule has 2 rings (SSSR count). The van der Waals surface area contributed by atoms with Gasteiger partial charge in [0.1, 0.15) is 0 Å². The average Bonchev–Trinajstić information content (AvgIpc) is 2.55. The number of amides is 1. The third-order valence-corrected chi connectivity index (χ3v) is 3.67. The summed E-state index contributed by atoms with van der Waals surface area (Å²) >= 11 is 5.72. The molecule has 23 heavy (non-hydrogen) atoms. The molecule has 0 saturated carbocycles. The van der Waals surface area contributed by atoms with Crippen LogP contribution in [0.25, 0.3) is 0 Å². The maximum atomic E-state index is 13.2. The van der Waals surface area contributed by atoms with Gasteiger partial charge in [0, 0.05) is 6.54 Å². The average molecular weight is 340 g/mol. The van der Waals surface area contributed by atoms with E-state index in [9.17, 15) is 18.7 Å². The van der Waals surface area contributed by atoms with Crippen LogP contribution in [0.15, 0.2) is 42.5 Å². The standard InChI is InChI=1S/C17H16ClF2NO2/c18-14-9-16(20)15(19)8-13(14)17(23)21-10-12(22)7-6-11-4-2-1-3-5-11/h1-5,8-9,12,22H,6-7,10H2,(H,21,23). The lowest BCUT2D eigenvalue weighted by Gasteiger charge is -2.12. The van der Waals surface area contributed by atoms with Gasteiger partial charge in [-0.2, -0.15) is 0 Å². The summed E-state index contributed by atoms with van der Waals surface area (Å²) in [5.74, 6) is -2.92. The smallest absolute Gasteiger partial charge is 0.252 e. The van der Waals surface area contributed by atoms with Gasteiger partial charge < -0.3 is 10.4 Å². The van der Waals surface area contributed by atoms with Crippen molar-refractivity contribution < 1.29 is 18.7 Å². The van der Waals surface area contributed by atoms with Gasteiger partial charge >= 0.3 is 0 Å². The topological polar surface area (TPSA) is 49.3 Å². The largest absolute Gasteiger partial charge is 0.391 e. The molecular formula is C17H16ClF2NO2. The Bertz CT molecular complexity index is 680. The molecule has 0 aliphatic heterocycles. The van der Waals surface area contributed by atoms with E-state index in [0.29, 0.717) is 12.8 Å². The zero-order chi connectivity index (χ0) is 16.8. The first kappa shape index (κ1) is 17.4. The lowest BCUT2D eigenvalue weighted by atomic mass is 10.1. The maximum Gasteiger partial charge on any atom is 0.252 e. The summed E-state index contributed by atoms with van der Waals surface area (Å²) in [5, 5.41) is 12.2. The fourth-order valence-electron chi connectivity index (χ4n) is 2.08. The van der Waals surface area contributed by atoms with Crippen molar-refractivity contribution in [3.8, 4) is 0 Å². The molecule has 0 fully saturated rings. The van der Waals surface area contributed by atoms with Crippen LogP contribution in [0.5, 0.6) is 0 Å². The first-order chi connectivity index (χ1) is 11.0. The first-order valence-electron chi connectivity index (χ1n) is 7.12. The fourth-order valence-corrected chi connectivity index (χ4v) is 2.32. The van der Waals surface area contributed by atoms with Crippen LogP contribution in [-0.2, 0) is 6.42 Å². The Morgan fingerprint density at radius 2 is 1.83 bits per heavy atom. The number of nitrogens with one attached hydrogen (secondary N) is 1. The van der Waals surface area contributed by atoms with Crippen LogP contribution in [0.1, 0.15) is 22.3 Å². The van der Waals surface area contributed by atoms with Gasteiger partial charge in [-0.25, -0.2) is 8.78 Å². The van der Waals surface area contributed by atoms with Crippen LogP contribution >= 0.6 is 11.6 Å². The molecule has 0 saturated heterocycles. The number of carbonyl (C=O) groups excluding carboxylic acids is 1. The summed E-state index contributed by atoms with van der Waals surface area (Å²) < 4.78 is 26.1. The molecule has 0 heterocycles. The van der Waals surface area contributed by atoms with E-state index < -0.39 is 23.6 Å². The molecule has 0 radical (unpaired) electrons. The van der Waals surface area contributed by atoms with Gasteiger partial charge in [0.2, 0.25) is 0 Å². The molecule has 6 heteroatoms. The van der Waals surface area contributed by atoms with E-state index in [4.69, 9.17) is 11.6 Å². The van der Waals surface area contributed by atoms with Crippen molar-refractivity contribution in [2.75, 3.05) is 6.54 Å². The lowest BCUT2D eigenvalue weighted by Crippen LogP contribution is -2.32. The minimum atomic E-state index is -1.15. The normalized spacial score (nSPS) is 12.0. The van der Waals surface area contributed by atoms with Crippen LogP contribution in [0.4, 0.5) is 8.78 Å². The van der Waals surface area contributed by atoms with Gasteiger partial charge in [0.15, 0.2) is 11.6 Å². The third kappa shape index (κ3) is 5.01. The van der Waals surface area contributed by atoms with Gasteiger partial charge in [-0.1, -0.05) is 41.9 Å². The van der Waals surface area contributed by atoms with Crippen molar-refractivity contribution in [1.82, 2.24) is 5.32 Å². The van der Waals surface area contributed by atoms with E-state index in [-0.39, 0.29) is 17.1 Å². The van der Waals surface area contributed by atoms with Crippen molar-refractivity contribution in [3.05, 3.63) is 70.2 Å². The highest BCUT2D eigenvalue weighted by molar-refractivity contribution is 6.33. The van der Waals surface area contributed by atoms with E-state index in [1.54, 1.807) is 0 Å². The predicted molar refractivity (Wildman–Crippen MR) is 84.5 cm³/mol. The number of hydrogen-bond donors (Lipinski definition) is 2. The van der Waals surface area contributed by atoms with Crippen LogP contribution in [0.2, 0.25) is 5.02 Å². The van der Waals surface area contributed by atoms with E-state index in [1.807, 2.05) is 30.3 Å². The van der Waals surface area contributed by atoms with Crippen molar-refractivity contribution in [1.29, 1.82) is 0 Å². The van der Waals surface area contributed by atoms with Crippen molar-refractivity contribution >= 4 is 17.5 Å². The lowest BCUT2D eigenvalue weighted by molar-refractivity contribution is 0.0910. The molecule has 122 valence electrons. The van der Waals surface area contributed by atoms with E-state index >= 15 is 0 Å². The summed E-state index contributed by atoms with van der Waals surface area (Å²) in [4.78, 5) is 11.9. The molecule has 2 aromatic rings. The molecule has 1 amide bonds. The summed E-state index contributed by atoms with van der Waals surface area (Å²) in [6.07, 6.45) is 0.391. The third-order valence-electron chi connectivity index (χ3n) is 3.36. The second kappa shape index (κ2) is 8.04. The molecule has 1 atom stereocenters. The van der Waals surface area contributed by atoms with E-state index in [2.05, 4.69) is 5.32 Å². The van der Waals surface area contributed by atoms with Crippen LogP contribution in [-0.4, -0.2) is 23.7 Å². The Morgan fingerprint density at radius 3 is 2.52 bits per heavy atom. The Morgan fingerprint density at radius 1 is 1.17 bits per heavy atom. The molecule has 0 aliphatic rings. The van der Waals surface area contributed by atoms with Gasteiger partial charge in [-0.3, -0.25) is 4.79 Å². The Labute approximate surface area is 137 Å². The SMILES string of the molecule is O=C(NCC(O)CCc1ccccc1)c1cc(F)c(F)cc1Cl. The highest BCUT2D eigenvalue weighted by Gasteiger charge is 2.16. The quantitative estimate of drug-likeness (QED) is 0.793. The summed E-state index contributed by atoms with van der Waals surface area (Å²) in [6, 6.07) is 11.1. The maximum absolute atomic E-state index is 13.2. The van der Waals surface area contributed by atoms with Crippen molar-refractivity contribution in [3.63, 3.8) is 0 Å². The van der Waals surface area contributed by atoms with Gasteiger partial charge in [0.25, 0.3) is 5.91 Å². The zero-order valence-corrected chi connectivity index (χ0v) is 13.0. The number of aryl methyl sites for hydroxylation is 1. The molecule has 3 nitrogen and oxygen atoms in total. The number of aliphatic hydroxyl groups is 1. The van der Waals surface area contributed by atoms with Gasteiger partial charge in [-0.05, 0) is 30.5 Å². The molecule has 1 unspecified atom stereocenters. The van der Waals surface area contributed by atoms with Crippen molar-refractivity contribution in [2.45, 2.75) is 18.9 Å². The number of halogens is 3. The van der Waals surface area contributed by atoms with Crippen LogP contribution in [0.3, 0.4) is 0 Å². The Kier molecular flexibility index (Phi) is 6.07. The Balaban J connectivity index is 1.85. The molecule has 0 bridgehead atoms. The van der Waals surface area contributed by atoms with E-state index in [0.717, 1.165) is 17.7 Å². The van der Waals surface area contributed by atoms with Gasteiger partial charge in [-0.15, -0.1) is 0 Å². The summed E-state index contributed by atoms with van der Waals surface area (Å²) in [7, 11) is 0. The molecule has 2 N–H and O–H groups in total. The summed E-state index contributed by atoms with van der Waals surface area (Å²) in [6.45, 7) is 0.000983. The number of carbonyl (C=O) groups is 1. The highest BCUT2D eigenvalue weighted by atomic mass is 35.5. The number of benzene rings is 2. The second-order valence-corrected chi connectivity index (χ2v) is 5.54. The summed E-state index contributed by atoms with van der Waals surface area (Å²) in [5.41, 5.74) is 0.919.